The zero-order valence-electron chi connectivity index (χ0n) is 15.7. The van der Waals surface area contributed by atoms with Gasteiger partial charge in [0.1, 0.15) is 0 Å². The largest absolute Gasteiger partial charge is 0.342 e. The van der Waals surface area contributed by atoms with Crippen LogP contribution in [0, 0.1) is 5.92 Å². The van der Waals surface area contributed by atoms with Crippen LogP contribution in [0.1, 0.15) is 44.0 Å². The Balaban J connectivity index is 1.49. The van der Waals surface area contributed by atoms with Gasteiger partial charge in [-0.3, -0.25) is 19.1 Å². The molecule has 1 unspecified atom stereocenters. The normalized spacial score (nSPS) is 21.4. The maximum Gasteiger partial charge on any atom is 0.222 e. The Hall–Kier alpha value is -2.15. The van der Waals surface area contributed by atoms with E-state index in [1.54, 1.807) is 0 Å². The van der Waals surface area contributed by atoms with Crippen molar-refractivity contribution in [3.05, 3.63) is 35.9 Å². The van der Waals surface area contributed by atoms with E-state index >= 15 is 0 Å². The van der Waals surface area contributed by atoms with Gasteiger partial charge in [-0.2, -0.15) is 10.2 Å². The van der Waals surface area contributed by atoms with Gasteiger partial charge in [0, 0.05) is 75.6 Å². The summed E-state index contributed by atoms with van der Waals surface area (Å²) in [6, 6.07) is 2.48. The van der Waals surface area contributed by atoms with Crippen LogP contribution in [0.15, 0.2) is 24.7 Å². The van der Waals surface area contributed by atoms with Crippen molar-refractivity contribution in [2.45, 2.75) is 52.4 Å². The van der Waals surface area contributed by atoms with Gasteiger partial charge in [-0.1, -0.05) is 0 Å². The van der Waals surface area contributed by atoms with Crippen molar-refractivity contribution in [1.29, 1.82) is 0 Å². The summed E-state index contributed by atoms with van der Waals surface area (Å²) in [5, 5.41) is 8.97. The summed E-state index contributed by atoms with van der Waals surface area (Å²) in [6.45, 7) is 9.64. The number of rotatable bonds is 5. The summed E-state index contributed by atoms with van der Waals surface area (Å²) in [7, 11) is 0. The van der Waals surface area contributed by atoms with Crippen molar-refractivity contribution >= 4 is 5.91 Å². The zero-order valence-corrected chi connectivity index (χ0v) is 15.7. The van der Waals surface area contributed by atoms with Gasteiger partial charge in [-0.05, 0) is 26.3 Å². The van der Waals surface area contributed by atoms with Crippen molar-refractivity contribution in [3.63, 3.8) is 0 Å². The molecule has 0 N–H and O–H groups in total. The van der Waals surface area contributed by atoms with Crippen LogP contribution in [0.5, 0.6) is 0 Å². The number of nitrogens with zero attached hydrogens (tertiary/aromatic N) is 6. The van der Waals surface area contributed by atoms with Gasteiger partial charge in [0.25, 0.3) is 0 Å². The van der Waals surface area contributed by atoms with Crippen LogP contribution in [0.3, 0.4) is 0 Å². The highest BCUT2D eigenvalue weighted by atomic mass is 16.2. The Labute approximate surface area is 154 Å². The SMILES string of the molecule is CC(C)n1cc(CN2Cc3ccnn3CC(CN3CCCC3=O)C2)cn1. The maximum atomic E-state index is 12.0. The van der Waals surface area contributed by atoms with Crippen LogP contribution in [0.4, 0.5) is 0 Å². The zero-order chi connectivity index (χ0) is 18.1. The molecule has 1 fully saturated rings. The second kappa shape index (κ2) is 7.23. The number of amides is 1. The van der Waals surface area contributed by atoms with Crippen LogP contribution < -0.4 is 0 Å². The topological polar surface area (TPSA) is 59.2 Å². The number of aromatic nitrogens is 4. The van der Waals surface area contributed by atoms with Gasteiger partial charge >= 0.3 is 0 Å². The van der Waals surface area contributed by atoms with E-state index in [0.717, 1.165) is 45.7 Å². The van der Waals surface area contributed by atoms with Crippen molar-refractivity contribution in [2.24, 2.45) is 5.92 Å². The average Bonchev–Trinajstić information content (AvgIpc) is 3.30. The average molecular weight is 356 g/mol. The lowest BCUT2D eigenvalue weighted by atomic mass is 10.1. The van der Waals surface area contributed by atoms with Gasteiger partial charge < -0.3 is 4.90 Å². The Morgan fingerprint density at radius 1 is 1.27 bits per heavy atom. The molecule has 4 rings (SSSR count). The summed E-state index contributed by atoms with van der Waals surface area (Å²) in [5.41, 5.74) is 2.49. The van der Waals surface area contributed by atoms with Crippen molar-refractivity contribution in [1.82, 2.24) is 29.4 Å². The highest BCUT2D eigenvalue weighted by Crippen LogP contribution is 2.21. The molecular formula is C19H28N6O. The molecule has 2 aliphatic rings. The lowest BCUT2D eigenvalue weighted by Crippen LogP contribution is -2.37. The first-order valence-corrected chi connectivity index (χ1v) is 9.62. The summed E-state index contributed by atoms with van der Waals surface area (Å²) < 4.78 is 4.13. The summed E-state index contributed by atoms with van der Waals surface area (Å²) in [6.07, 6.45) is 7.70. The maximum absolute atomic E-state index is 12.0. The molecule has 1 saturated heterocycles. The molecule has 0 spiro atoms. The van der Waals surface area contributed by atoms with Gasteiger partial charge in [-0.15, -0.1) is 0 Å². The van der Waals surface area contributed by atoms with E-state index in [4.69, 9.17) is 0 Å². The third-order valence-electron chi connectivity index (χ3n) is 5.38. The van der Waals surface area contributed by atoms with Crippen LogP contribution in [0.2, 0.25) is 0 Å². The summed E-state index contributed by atoms with van der Waals surface area (Å²) >= 11 is 0. The molecule has 4 heterocycles. The van der Waals surface area contributed by atoms with E-state index in [1.165, 1.54) is 11.3 Å². The third kappa shape index (κ3) is 3.67. The number of carbonyl (C=O) groups is 1. The minimum absolute atomic E-state index is 0.305. The van der Waals surface area contributed by atoms with Crippen LogP contribution in [0.25, 0.3) is 0 Å². The standard InChI is InChI=1S/C19H28N6O/c1-15(2)24-12-16(8-21-24)9-22-10-17(11-23-7-3-4-19(23)26)13-25-18(14-22)5-6-20-25/h5-6,8,12,15,17H,3-4,7,9-11,13-14H2,1-2H3. The molecule has 0 bridgehead atoms. The van der Waals surface area contributed by atoms with E-state index in [2.05, 4.69) is 45.9 Å². The highest BCUT2D eigenvalue weighted by Gasteiger charge is 2.28. The lowest BCUT2D eigenvalue weighted by Gasteiger charge is -2.27. The molecule has 26 heavy (non-hydrogen) atoms. The van der Waals surface area contributed by atoms with Crippen molar-refractivity contribution in [2.75, 3.05) is 19.6 Å². The minimum Gasteiger partial charge on any atom is -0.342 e. The Kier molecular flexibility index (Phi) is 4.80. The fraction of sp³-hybridized carbons (Fsp3) is 0.632. The summed E-state index contributed by atoms with van der Waals surface area (Å²) in [4.78, 5) is 16.5. The Morgan fingerprint density at radius 2 is 2.15 bits per heavy atom. The van der Waals surface area contributed by atoms with E-state index < -0.39 is 0 Å². The monoisotopic (exact) mass is 356 g/mol. The van der Waals surface area contributed by atoms with Crippen LogP contribution >= 0.6 is 0 Å². The molecule has 7 nitrogen and oxygen atoms in total. The van der Waals surface area contributed by atoms with Crippen LogP contribution in [-0.2, 0) is 24.4 Å². The number of hydrogen-bond acceptors (Lipinski definition) is 4. The first-order valence-electron chi connectivity index (χ1n) is 9.62. The lowest BCUT2D eigenvalue weighted by molar-refractivity contribution is -0.128. The van der Waals surface area contributed by atoms with E-state index in [-0.39, 0.29) is 0 Å². The number of fused-ring (bicyclic) bond motifs is 1. The van der Waals surface area contributed by atoms with Crippen LogP contribution in [-0.4, -0.2) is 54.9 Å². The van der Waals surface area contributed by atoms with Crippen molar-refractivity contribution < 1.29 is 4.79 Å². The fourth-order valence-corrected chi connectivity index (χ4v) is 4.06. The quantitative estimate of drug-likeness (QED) is 0.821. The highest BCUT2D eigenvalue weighted by molar-refractivity contribution is 5.78. The molecule has 7 heteroatoms. The molecule has 140 valence electrons. The molecule has 0 aromatic carbocycles. The summed E-state index contributed by atoms with van der Waals surface area (Å²) in [5.74, 6) is 0.707. The van der Waals surface area contributed by atoms with Gasteiger partial charge in [0.05, 0.1) is 11.9 Å². The molecule has 0 saturated carbocycles. The Bertz CT molecular complexity index is 764. The molecule has 0 aliphatic carbocycles. The van der Waals surface area contributed by atoms with Gasteiger partial charge in [-0.25, -0.2) is 0 Å². The fourth-order valence-electron chi connectivity index (χ4n) is 4.06. The second-order valence-corrected chi connectivity index (χ2v) is 7.91. The van der Waals surface area contributed by atoms with Crippen molar-refractivity contribution in [3.8, 4) is 0 Å². The molecule has 2 aliphatic heterocycles. The molecule has 2 aromatic heterocycles. The third-order valence-corrected chi connectivity index (χ3v) is 5.38. The number of likely N-dealkylation sites (tertiary alicyclic amines) is 1. The predicted molar refractivity (Wildman–Crippen MR) is 98.3 cm³/mol. The Morgan fingerprint density at radius 3 is 2.88 bits per heavy atom. The van der Waals surface area contributed by atoms with E-state index in [0.29, 0.717) is 24.3 Å². The first-order chi connectivity index (χ1) is 12.6. The molecule has 1 atom stereocenters. The second-order valence-electron chi connectivity index (χ2n) is 7.91. The molecule has 0 radical (unpaired) electrons. The molecular weight excluding hydrogens is 328 g/mol. The number of carbonyl (C=O) groups excluding carboxylic acids is 1. The predicted octanol–water partition coefficient (Wildman–Crippen LogP) is 1.91. The van der Waals surface area contributed by atoms with Gasteiger partial charge in [0.15, 0.2) is 0 Å². The molecule has 2 aromatic rings. The number of hydrogen-bond donors (Lipinski definition) is 0. The van der Waals surface area contributed by atoms with Gasteiger partial charge in [0.2, 0.25) is 5.91 Å². The minimum atomic E-state index is 0.305. The van der Waals surface area contributed by atoms with E-state index in [9.17, 15) is 4.79 Å². The first kappa shape index (κ1) is 17.3. The smallest absolute Gasteiger partial charge is 0.222 e. The molecule has 1 amide bonds. The van der Waals surface area contributed by atoms with E-state index in [1.807, 2.05) is 22.0 Å².